The number of hydrogen-bond donors (Lipinski definition) is 1. The van der Waals surface area contributed by atoms with Gasteiger partial charge in [0.25, 0.3) is 0 Å². The van der Waals surface area contributed by atoms with Crippen LogP contribution >= 0.6 is 15.9 Å². The molecule has 0 spiro atoms. The van der Waals surface area contributed by atoms with Crippen molar-refractivity contribution in [1.29, 1.82) is 0 Å². The summed E-state index contributed by atoms with van der Waals surface area (Å²) in [5, 5.41) is 4.07. The van der Waals surface area contributed by atoms with Gasteiger partial charge in [-0.15, -0.1) is 0 Å². The second-order valence-electron chi connectivity index (χ2n) is 5.09. The van der Waals surface area contributed by atoms with Crippen LogP contribution in [0.2, 0.25) is 0 Å². The van der Waals surface area contributed by atoms with Crippen molar-refractivity contribution < 1.29 is 4.52 Å². The van der Waals surface area contributed by atoms with Crippen LogP contribution in [0, 0.1) is 0 Å². The van der Waals surface area contributed by atoms with Crippen molar-refractivity contribution in [1.82, 2.24) is 10.1 Å². The highest BCUT2D eigenvalue weighted by molar-refractivity contribution is 9.10. The molecule has 1 heterocycles. The maximum absolute atomic E-state index is 5.92. The van der Waals surface area contributed by atoms with E-state index in [1.54, 1.807) is 0 Å². The highest BCUT2D eigenvalue weighted by Gasteiger charge is 2.27. The lowest BCUT2D eigenvalue weighted by Crippen LogP contribution is -2.14. The Hall–Kier alpha value is -1.20. The van der Waals surface area contributed by atoms with Gasteiger partial charge in [0.1, 0.15) is 0 Å². The molecule has 2 atom stereocenters. The molecule has 2 N–H and O–H groups in total. The van der Waals surface area contributed by atoms with E-state index in [0.29, 0.717) is 12.3 Å². The molecule has 0 radical (unpaired) electrons. The van der Waals surface area contributed by atoms with E-state index in [0.717, 1.165) is 41.0 Å². The fourth-order valence-corrected chi connectivity index (χ4v) is 2.98. The first-order valence-corrected chi connectivity index (χ1v) is 7.33. The van der Waals surface area contributed by atoms with Crippen LogP contribution in [0.4, 0.5) is 0 Å². The summed E-state index contributed by atoms with van der Waals surface area (Å²) in [6.45, 7) is 0. The van der Waals surface area contributed by atoms with Crippen molar-refractivity contribution >= 4 is 15.9 Å². The van der Waals surface area contributed by atoms with Crippen molar-refractivity contribution in [3.05, 3.63) is 46.0 Å². The van der Waals surface area contributed by atoms with Gasteiger partial charge in [0.2, 0.25) is 5.89 Å². The summed E-state index contributed by atoms with van der Waals surface area (Å²) < 4.78 is 6.45. The van der Waals surface area contributed by atoms with E-state index >= 15 is 0 Å². The highest BCUT2D eigenvalue weighted by atomic mass is 79.9. The average Bonchev–Trinajstić information content (AvgIpc) is 3.01. The molecule has 100 valence electrons. The van der Waals surface area contributed by atoms with Crippen molar-refractivity contribution in [3.8, 4) is 0 Å². The molecule has 0 bridgehead atoms. The smallest absolute Gasteiger partial charge is 0.229 e. The van der Waals surface area contributed by atoms with Crippen LogP contribution in [0.3, 0.4) is 0 Å². The Morgan fingerprint density at radius 2 is 2.16 bits per heavy atom. The predicted molar refractivity (Wildman–Crippen MR) is 75.8 cm³/mol. The maximum atomic E-state index is 5.92. The highest BCUT2D eigenvalue weighted by Crippen LogP contribution is 2.32. The van der Waals surface area contributed by atoms with Crippen LogP contribution in [-0.4, -0.2) is 16.2 Å². The molecule has 1 aliphatic rings. The predicted octanol–water partition coefficient (Wildman–Crippen LogP) is 3.02. The molecule has 3 rings (SSSR count). The maximum Gasteiger partial charge on any atom is 0.229 e. The van der Waals surface area contributed by atoms with Crippen LogP contribution in [-0.2, 0) is 6.42 Å². The summed E-state index contributed by atoms with van der Waals surface area (Å²) in [6.07, 6.45) is 3.74. The van der Waals surface area contributed by atoms with Crippen LogP contribution in [0.15, 0.2) is 33.3 Å². The molecule has 5 heteroatoms. The quantitative estimate of drug-likeness (QED) is 0.943. The van der Waals surface area contributed by atoms with E-state index in [1.807, 2.05) is 18.2 Å². The summed E-state index contributed by atoms with van der Waals surface area (Å²) in [4.78, 5) is 4.51. The molecule has 0 aliphatic heterocycles. The van der Waals surface area contributed by atoms with Gasteiger partial charge in [-0.25, -0.2) is 0 Å². The van der Waals surface area contributed by atoms with Gasteiger partial charge in [0.15, 0.2) is 5.82 Å². The summed E-state index contributed by atoms with van der Waals surface area (Å²) in [5.74, 6) is 1.83. The number of hydrogen-bond acceptors (Lipinski definition) is 4. The van der Waals surface area contributed by atoms with Crippen LogP contribution in [0.1, 0.15) is 42.5 Å². The van der Waals surface area contributed by atoms with Gasteiger partial charge in [0, 0.05) is 22.9 Å². The third-order valence-electron chi connectivity index (χ3n) is 3.61. The summed E-state index contributed by atoms with van der Waals surface area (Å²) in [7, 11) is 0. The molecule has 1 aliphatic carbocycles. The van der Waals surface area contributed by atoms with E-state index in [-0.39, 0.29) is 6.04 Å². The SMILES string of the molecule is NC1CCC(c2nc(Cc3ccccc3Br)no2)C1. The number of halogens is 1. The molecule has 0 amide bonds. The number of aromatic nitrogens is 2. The van der Waals surface area contributed by atoms with Crippen LogP contribution in [0.5, 0.6) is 0 Å². The zero-order valence-corrected chi connectivity index (χ0v) is 12.1. The van der Waals surface area contributed by atoms with Crippen molar-refractivity contribution in [2.24, 2.45) is 5.73 Å². The molecular weight excluding hydrogens is 306 g/mol. The molecule has 1 aromatic carbocycles. The zero-order chi connectivity index (χ0) is 13.2. The van der Waals surface area contributed by atoms with Crippen LogP contribution in [0.25, 0.3) is 0 Å². The summed E-state index contributed by atoms with van der Waals surface area (Å²) in [5.41, 5.74) is 7.08. The third-order valence-corrected chi connectivity index (χ3v) is 4.39. The topological polar surface area (TPSA) is 64.9 Å². The minimum atomic E-state index is 0.281. The average molecular weight is 322 g/mol. The Morgan fingerprint density at radius 1 is 1.32 bits per heavy atom. The molecular formula is C14H16BrN3O. The van der Waals surface area contributed by atoms with E-state index in [4.69, 9.17) is 10.3 Å². The lowest BCUT2D eigenvalue weighted by atomic mass is 10.1. The van der Waals surface area contributed by atoms with Gasteiger partial charge in [-0.1, -0.05) is 39.3 Å². The molecule has 4 nitrogen and oxygen atoms in total. The minimum absolute atomic E-state index is 0.281. The molecule has 1 aromatic heterocycles. The lowest BCUT2D eigenvalue weighted by Gasteiger charge is -2.02. The summed E-state index contributed by atoms with van der Waals surface area (Å²) in [6, 6.07) is 8.37. The van der Waals surface area contributed by atoms with Gasteiger partial charge < -0.3 is 10.3 Å². The molecule has 2 unspecified atom stereocenters. The molecule has 1 saturated carbocycles. The standard InChI is InChI=1S/C14H16BrN3O/c15-12-4-2-1-3-9(12)8-13-17-14(19-18-13)10-5-6-11(16)7-10/h1-4,10-11H,5-8,16H2. The Kier molecular flexibility index (Phi) is 3.66. The Balaban J connectivity index is 1.73. The monoisotopic (exact) mass is 321 g/mol. The Labute approximate surface area is 120 Å². The van der Waals surface area contributed by atoms with Crippen molar-refractivity contribution in [3.63, 3.8) is 0 Å². The Morgan fingerprint density at radius 3 is 2.89 bits per heavy atom. The fraction of sp³-hybridized carbons (Fsp3) is 0.429. The Bertz CT molecular complexity index is 569. The molecule has 19 heavy (non-hydrogen) atoms. The molecule has 0 saturated heterocycles. The van der Waals surface area contributed by atoms with Gasteiger partial charge in [-0.3, -0.25) is 0 Å². The molecule has 2 aromatic rings. The number of benzene rings is 1. The van der Waals surface area contributed by atoms with Crippen molar-refractivity contribution in [2.45, 2.75) is 37.6 Å². The van der Waals surface area contributed by atoms with Gasteiger partial charge in [-0.05, 0) is 30.9 Å². The lowest BCUT2D eigenvalue weighted by molar-refractivity contribution is 0.350. The van der Waals surface area contributed by atoms with Gasteiger partial charge in [0.05, 0.1) is 0 Å². The minimum Gasteiger partial charge on any atom is -0.339 e. The number of nitrogens with zero attached hydrogens (tertiary/aromatic N) is 2. The molecule has 1 fully saturated rings. The largest absolute Gasteiger partial charge is 0.339 e. The second kappa shape index (κ2) is 5.43. The summed E-state index contributed by atoms with van der Waals surface area (Å²) >= 11 is 3.53. The van der Waals surface area contributed by atoms with Crippen LogP contribution < -0.4 is 5.73 Å². The first-order valence-electron chi connectivity index (χ1n) is 6.54. The fourth-order valence-electron chi connectivity index (χ4n) is 2.56. The van der Waals surface area contributed by atoms with Gasteiger partial charge >= 0.3 is 0 Å². The van der Waals surface area contributed by atoms with E-state index in [1.165, 1.54) is 0 Å². The van der Waals surface area contributed by atoms with Crippen molar-refractivity contribution in [2.75, 3.05) is 0 Å². The third kappa shape index (κ3) is 2.87. The second-order valence-corrected chi connectivity index (χ2v) is 5.94. The van der Waals surface area contributed by atoms with E-state index < -0.39 is 0 Å². The van der Waals surface area contributed by atoms with Gasteiger partial charge in [-0.2, -0.15) is 4.98 Å². The first-order chi connectivity index (χ1) is 9.22. The number of nitrogens with two attached hydrogens (primary N) is 1. The number of rotatable bonds is 3. The normalized spacial score (nSPS) is 22.8. The van der Waals surface area contributed by atoms with E-state index in [2.05, 4.69) is 32.1 Å². The van der Waals surface area contributed by atoms with E-state index in [9.17, 15) is 0 Å². The zero-order valence-electron chi connectivity index (χ0n) is 10.6. The first kappa shape index (κ1) is 12.8.